The zero-order valence-corrected chi connectivity index (χ0v) is 30.3. The van der Waals surface area contributed by atoms with Gasteiger partial charge in [-0.2, -0.15) is 0 Å². The molecule has 0 saturated heterocycles. The molecule has 0 heterocycles. The zero-order valence-electron chi connectivity index (χ0n) is 30.3. The Morgan fingerprint density at radius 1 is 0.532 bits per heavy atom. The van der Waals surface area contributed by atoms with Crippen LogP contribution in [0.1, 0.15) is 149 Å². The van der Waals surface area contributed by atoms with E-state index in [4.69, 9.17) is 0 Å². The lowest BCUT2D eigenvalue weighted by Crippen LogP contribution is -2.45. The van der Waals surface area contributed by atoms with Gasteiger partial charge in [-0.25, -0.2) is 0 Å². The summed E-state index contributed by atoms with van der Waals surface area (Å²) in [5, 5.41) is 22.8. The van der Waals surface area contributed by atoms with Gasteiger partial charge in [-0.15, -0.1) is 0 Å². The first-order chi connectivity index (χ1) is 23.2. The van der Waals surface area contributed by atoms with E-state index >= 15 is 0 Å². The Morgan fingerprint density at radius 2 is 0.957 bits per heavy atom. The van der Waals surface area contributed by atoms with E-state index < -0.39 is 12.1 Å². The molecule has 0 bridgehead atoms. The summed E-state index contributed by atoms with van der Waals surface area (Å²) in [7, 11) is 0. The van der Waals surface area contributed by atoms with Crippen LogP contribution in [-0.2, 0) is 4.79 Å². The van der Waals surface area contributed by atoms with Crippen LogP contribution in [0.15, 0.2) is 97.2 Å². The Balaban J connectivity index is 3.82. The highest BCUT2D eigenvalue weighted by Crippen LogP contribution is 2.10. The lowest BCUT2D eigenvalue weighted by molar-refractivity contribution is -0.123. The van der Waals surface area contributed by atoms with E-state index in [1.54, 1.807) is 6.08 Å². The Hall–Kier alpha value is -2.69. The number of hydrogen-bond donors (Lipinski definition) is 3. The standard InChI is InChI=1S/C43H71NO3/c1-3-5-7-9-11-13-15-17-19-20-21-22-23-24-25-27-29-31-33-35-37-39-43(47)44-41(40-45)42(46)38-36-34-32-30-28-26-18-16-14-12-10-8-6-4-2/h5,7,11,13,17,19,21-22,24-25,28-31,36,38,41-42,45-46H,3-4,6,8-10,12,14-16,18,20,23,26-27,32-35,37,39-40H2,1-2H3,(H,44,47)/b7-5-,13-11-,19-17-,22-21-,25-24-,30-28+,31-29-,38-36+. The first-order valence-corrected chi connectivity index (χ1v) is 19.0. The molecule has 0 rings (SSSR count). The highest BCUT2D eigenvalue weighted by atomic mass is 16.3. The largest absolute Gasteiger partial charge is 0.394 e. The topological polar surface area (TPSA) is 69.6 Å². The maximum atomic E-state index is 12.3. The van der Waals surface area contributed by atoms with Gasteiger partial charge in [-0.05, 0) is 83.5 Å². The van der Waals surface area contributed by atoms with Crippen molar-refractivity contribution in [1.29, 1.82) is 0 Å². The van der Waals surface area contributed by atoms with Crippen molar-refractivity contribution < 1.29 is 15.0 Å². The molecule has 0 aliphatic heterocycles. The van der Waals surface area contributed by atoms with Crippen LogP contribution in [0.5, 0.6) is 0 Å². The maximum Gasteiger partial charge on any atom is 0.220 e. The number of allylic oxidation sites excluding steroid dienone is 15. The van der Waals surface area contributed by atoms with Gasteiger partial charge in [0.1, 0.15) is 0 Å². The second kappa shape index (κ2) is 37.8. The van der Waals surface area contributed by atoms with Crippen LogP contribution in [0.2, 0.25) is 0 Å². The summed E-state index contributed by atoms with van der Waals surface area (Å²) in [6.45, 7) is 4.13. The molecule has 47 heavy (non-hydrogen) atoms. The lowest BCUT2D eigenvalue weighted by atomic mass is 10.1. The lowest BCUT2D eigenvalue weighted by Gasteiger charge is -2.19. The number of carbonyl (C=O) groups excluding carboxylic acids is 1. The molecule has 0 aromatic heterocycles. The van der Waals surface area contributed by atoms with Gasteiger partial charge in [-0.3, -0.25) is 4.79 Å². The van der Waals surface area contributed by atoms with Crippen LogP contribution < -0.4 is 5.32 Å². The Kier molecular flexibility index (Phi) is 35.6. The molecule has 1 amide bonds. The van der Waals surface area contributed by atoms with Gasteiger partial charge in [0.15, 0.2) is 0 Å². The van der Waals surface area contributed by atoms with Crippen LogP contribution in [0, 0.1) is 0 Å². The molecule has 0 spiro atoms. The van der Waals surface area contributed by atoms with Crippen molar-refractivity contribution in [3.8, 4) is 0 Å². The van der Waals surface area contributed by atoms with Crippen molar-refractivity contribution in [2.75, 3.05) is 6.61 Å². The Morgan fingerprint density at radius 3 is 1.49 bits per heavy atom. The predicted octanol–water partition coefficient (Wildman–Crippen LogP) is 11.5. The number of carbonyl (C=O) groups is 1. The number of nitrogens with one attached hydrogen (secondary N) is 1. The molecule has 0 aliphatic rings. The van der Waals surface area contributed by atoms with Gasteiger partial charge in [0.05, 0.1) is 18.8 Å². The first-order valence-electron chi connectivity index (χ1n) is 19.0. The number of rotatable bonds is 32. The SMILES string of the molecule is CC/C=C\C/C=C\C/C=C\C/C=C\C/C=C\C/C=C\CCCCC(=O)NC(CO)C(O)/C=C/CC/C=C/CCCCCCCCCC. The summed E-state index contributed by atoms with van der Waals surface area (Å²) in [6.07, 6.45) is 56.3. The summed E-state index contributed by atoms with van der Waals surface area (Å²) in [6, 6.07) is -0.667. The minimum atomic E-state index is -0.885. The van der Waals surface area contributed by atoms with Crippen molar-refractivity contribution in [2.24, 2.45) is 0 Å². The number of amides is 1. The van der Waals surface area contributed by atoms with Gasteiger partial charge >= 0.3 is 0 Å². The number of aliphatic hydroxyl groups excluding tert-OH is 2. The van der Waals surface area contributed by atoms with Gasteiger partial charge < -0.3 is 15.5 Å². The quantitative estimate of drug-likeness (QED) is 0.0502. The van der Waals surface area contributed by atoms with Gasteiger partial charge in [0.25, 0.3) is 0 Å². The van der Waals surface area contributed by atoms with Crippen LogP contribution in [-0.4, -0.2) is 34.9 Å². The number of unbranched alkanes of at least 4 members (excludes halogenated alkanes) is 11. The average molecular weight is 650 g/mol. The fourth-order valence-electron chi connectivity index (χ4n) is 4.90. The van der Waals surface area contributed by atoms with Gasteiger partial charge in [0.2, 0.25) is 5.91 Å². The monoisotopic (exact) mass is 650 g/mol. The third-order valence-electron chi connectivity index (χ3n) is 7.80. The Labute approximate surface area is 290 Å². The minimum Gasteiger partial charge on any atom is -0.394 e. The second-order valence-corrected chi connectivity index (χ2v) is 12.2. The predicted molar refractivity (Wildman–Crippen MR) is 206 cm³/mol. The van der Waals surface area contributed by atoms with Crippen molar-refractivity contribution in [3.05, 3.63) is 97.2 Å². The van der Waals surface area contributed by atoms with Crippen LogP contribution >= 0.6 is 0 Å². The minimum absolute atomic E-state index is 0.122. The summed E-state index contributed by atoms with van der Waals surface area (Å²) in [4.78, 5) is 12.3. The van der Waals surface area contributed by atoms with E-state index in [2.05, 4.69) is 104 Å². The molecular weight excluding hydrogens is 578 g/mol. The molecule has 0 fully saturated rings. The first kappa shape index (κ1) is 44.3. The molecule has 2 atom stereocenters. The van der Waals surface area contributed by atoms with E-state index in [-0.39, 0.29) is 12.5 Å². The van der Waals surface area contributed by atoms with Crippen LogP contribution in [0.4, 0.5) is 0 Å². The summed E-state index contributed by atoms with van der Waals surface area (Å²) in [5.74, 6) is -0.122. The molecule has 0 aromatic rings. The molecule has 2 unspecified atom stereocenters. The van der Waals surface area contributed by atoms with Gasteiger partial charge in [-0.1, -0.05) is 156 Å². The van der Waals surface area contributed by atoms with Crippen molar-refractivity contribution in [2.45, 2.75) is 161 Å². The van der Waals surface area contributed by atoms with E-state index in [1.165, 1.54) is 51.4 Å². The van der Waals surface area contributed by atoms with E-state index in [1.807, 2.05) is 6.08 Å². The summed E-state index contributed by atoms with van der Waals surface area (Å²) < 4.78 is 0. The third-order valence-corrected chi connectivity index (χ3v) is 7.80. The van der Waals surface area contributed by atoms with Crippen LogP contribution in [0.3, 0.4) is 0 Å². The molecular formula is C43H71NO3. The van der Waals surface area contributed by atoms with Crippen molar-refractivity contribution in [3.63, 3.8) is 0 Å². The van der Waals surface area contributed by atoms with Crippen LogP contribution in [0.25, 0.3) is 0 Å². The van der Waals surface area contributed by atoms with E-state index in [0.717, 1.165) is 77.0 Å². The van der Waals surface area contributed by atoms with E-state index in [0.29, 0.717) is 6.42 Å². The molecule has 0 aromatic carbocycles. The van der Waals surface area contributed by atoms with Crippen molar-refractivity contribution in [1.82, 2.24) is 5.32 Å². The number of hydrogen-bond acceptors (Lipinski definition) is 3. The summed E-state index contributed by atoms with van der Waals surface area (Å²) in [5.41, 5.74) is 0. The molecule has 266 valence electrons. The normalized spacial score (nSPS) is 14.2. The highest BCUT2D eigenvalue weighted by Gasteiger charge is 2.17. The highest BCUT2D eigenvalue weighted by molar-refractivity contribution is 5.76. The second-order valence-electron chi connectivity index (χ2n) is 12.2. The zero-order chi connectivity index (χ0) is 34.3. The number of aliphatic hydroxyl groups is 2. The molecule has 0 saturated carbocycles. The molecule has 4 nitrogen and oxygen atoms in total. The average Bonchev–Trinajstić information content (AvgIpc) is 3.07. The molecule has 0 radical (unpaired) electrons. The third kappa shape index (κ3) is 34.5. The van der Waals surface area contributed by atoms with E-state index in [9.17, 15) is 15.0 Å². The van der Waals surface area contributed by atoms with Crippen molar-refractivity contribution >= 4 is 5.91 Å². The Bertz CT molecular complexity index is 921. The molecule has 0 aliphatic carbocycles. The fourth-order valence-corrected chi connectivity index (χ4v) is 4.90. The maximum absolute atomic E-state index is 12.3. The summed E-state index contributed by atoms with van der Waals surface area (Å²) >= 11 is 0. The van der Waals surface area contributed by atoms with Gasteiger partial charge in [0, 0.05) is 6.42 Å². The molecule has 4 heteroatoms. The smallest absolute Gasteiger partial charge is 0.220 e. The molecule has 3 N–H and O–H groups in total. The fraction of sp³-hybridized carbons (Fsp3) is 0.605.